The Morgan fingerprint density at radius 2 is 1.92 bits per heavy atom. The van der Waals surface area contributed by atoms with E-state index >= 15 is 0 Å². The summed E-state index contributed by atoms with van der Waals surface area (Å²) >= 11 is 6.19. The summed E-state index contributed by atoms with van der Waals surface area (Å²) in [6, 6.07) is 7.93. The lowest BCUT2D eigenvalue weighted by molar-refractivity contribution is 0.402. The molecule has 24 heavy (non-hydrogen) atoms. The van der Waals surface area contributed by atoms with E-state index in [1.165, 1.54) is 12.1 Å². The van der Waals surface area contributed by atoms with Crippen LogP contribution in [0, 0.1) is 0 Å². The van der Waals surface area contributed by atoms with Crippen molar-refractivity contribution in [3.8, 4) is 11.5 Å². The number of sulfonamides is 1. The van der Waals surface area contributed by atoms with Crippen molar-refractivity contribution < 1.29 is 18.6 Å². The van der Waals surface area contributed by atoms with Gasteiger partial charge in [0.05, 0.1) is 9.92 Å². The van der Waals surface area contributed by atoms with Crippen molar-refractivity contribution in [3.63, 3.8) is 0 Å². The van der Waals surface area contributed by atoms with E-state index in [0.717, 1.165) is 0 Å². The minimum absolute atomic E-state index is 0.0355. The Kier molecular flexibility index (Phi) is 4.44. The van der Waals surface area contributed by atoms with E-state index < -0.39 is 10.0 Å². The smallest absolute Gasteiger partial charge is 0.238 e. The molecule has 1 aliphatic heterocycles. The molecule has 0 aliphatic carbocycles. The highest BCUT2D eigenvalue weighted by Crippen LogP contribution is 2.43. The van der Waals surface area contributed by atoms with Gasteiger partial charge in [0.2, 0.25) is 10.0 Å². The van der Waals surface area contributed by atoms with Crippen LogP contribution in [0.15, 0.2) is 35.2 Å². The molecule has 2 aromatic carbocycles. The highest BCUT2D eigenvalue weighted by molar-refractivity contribution is 7.89. The van der Waals surface area contributed by atoms with Crippen LogP contribution < -0.4 is 10.5 Å². The Bertz CT molecular complexity index is 899. The van der Waals surface area contributed by atoms with Crippen LogP contribution >= 0.6 is 11.6 Å². The molecule has 0 amide bonds. The minimum Gasteiger partial charge on any atom is -0.504 e. The molecule has 3 rings (SSSR count). The zero-order chi connectivity index (χ0) is 17.5. The fraction of sp³-hybridized carbons (Fsp3) is 0.250. The molecule has 8 heteroatoms. The number of aromatic hydroxyl groups is 2. The van der Waals surface area contributed by atoms with Gasteiger partial charge in [-0.25, -0.2) is 13.6 Å². The summed E-state index contributed by atoms with van der Waals surface area (Å²) in [5.41, 5.74) is 1.89. The third-order valence-corrected chi connectivity index (χ3v) is 5.62. The number of rotatable bonds is 2. The molecule has 0 spiro atoms. The topological polar surface area (TPSA) is 113 Å². The second-order valence-corrected chi connectivity index (χ2v) is 7.62. The third kappa shape index (κ3) is 2.95. The second kappa shape index (κ2) is 6.25. The first-order chi connectivity index (χ1) is 11.3. The standard InChI is InChI=1S/C16H17ClN2O4S/c17-15-10-5-6-19-8-12(11(10)7-13(20)16(15)21)9-3-1-2-4-14(9)24(18,22)23/h1-4,7,12,19-21H,5-6,8H2,(H2,18,22,23). The molecule has 128 valence electrons. The zero-order valence-corrected chi connectivity index (χ0v) is 14.2. The lowest BCUT2D eigenvalue weighted by atomic mass is 9.87. The van der Waals surface area contributed by atoms with Gasteiger partial charge in [-0.05, 0) is 41.8 Å². The van der Waals surface area contributed by atoms with Crippen LogP contribution in [0.5, 0.6) is 11.5 Å². The SMILES string of the molecule is NS(=O)(=O)c1ccccc1C1CNCCc2c1cc(O)c(O)c2Cl. The predicted molar refractivity (Wildman–Crippen MR) is 91.0 cm³/mol. The highest BCUT2D eigenvalue weighted by atomic mass is 35.5. The van der Waals surface area contributed by atoms with Gasteiger partial charge in [-0.3, -0.25) is 0 Å². The van der Waals surface area contributed by atoms with E-state index in [2.05, 4.69) is 5.32 Å². The van der Waals surface area contributed by atoms with Crippen LogP contribution in [-0.2, 0) is 16.4 Å². The first kappa shape index (κ1) is 17.0. The Hall–Kier alpha value is -1.80. The number of hydrogen-bond donors (Lipinski definition) is 4. The number of primary sulfonamides is 1. The molecule has 6 nitrogen and oxygen atoms in total. The van der Waals surface area contributed by atoms with Gasteiger partial charge in [0.15, 0.2) is 11.5 Å². The summed E-state index contributed by atoms with van der Waals surface area (Å²) in [7, 11) is -3.90. The van der Waals surface area contributed by atoms with Crippen molar-refractivity contribution in [1.29, 1.82) is 0 Å². The maximum absolute atomic E-state index is 11.9. The number of nitrogens with two attached hydrogens (primary N) is 1. The Morgan fingerprint density at radius 3 is 2.62 bits per heavy atom. The minimum atomic E-state index is -3.90. The molecule has 1 unspecified atom stereocenters. The molecular formula is C16H17ClN2O4S. The summed E-state index contributed by atoms with van der Waals surface area (Å²) in [5.74, 6) is -1.07. The average molecular weight is 369 g/mol. The van der Waals surface area contributed by atoms with Crippen molar-refractivity contribution in [3.05, 3.63) is 52.0 Å². The first-order valence-electron chi connectivity index (χ1n) is 7.36. The van der Waals surface area contributed by atoms with E-state index in [9.17, 15) is 18.6 Å². The van der Waals surface area contributed by atoms with Crippen LogP contribution in [0.2, 0.25) is 5.02 Å². The van der Waals surface area contributed by atoms with Gasteiger partial charge >= 0.3 is 0 Å². The number of hydrogen-bond acceptors (Lipinski definition) is 5. The fourth-order valence-corrected chi connectivity index (χ4v) is 4.23. The Morgan fingerprint density at radius 1 is 1.21 bits per heavy atom. The van der Waals surface area contributed by atoms with E-state index in [4.69, 9.17) is 16.7 Å². The number of nitrogens with one attached hydrogen (secondary N) is 1. The monoisotopic (exact) mass is 368 g/mol. The van der Waals surface area contributed by atoms with E-state index in [0.29, 0.717) is 36.2 Å². The molecule has 5 N–H and O–H groups in total. The highest BCUT2D eigenvalue weighted by Gasteiger charge is 2.28. The molecule has 0 aromatic heterocycles. The molecule has 0 bridgehead atoms. The average Bonchev–Trinajstić information content (AvgIpc) is 2.74. The normalized spacial score (nSPS) is 18.0. The van der Waals surface area contributed by atoms with Crippen molar-refractivity contribution in [2.75, 3.05) is 13.1 Å². The second-order valence-electron chi connectivity index (χ2n) is 5.72. The summed E-state index contributed by atoms with van der Waals surface area (Å²) in [6.45, 7) is 1.07. The lowest BCUT2D eigenvalue weighted by Gasteiger charge is -2.21. The van der Waals surface area contributed by atoms with Crippen molar-refractivity contribution in [2.45, 2.75) is 17.2 Å². The van der Waals surface area contributed by atoms with Gasteiger partial charge in [-0.1, -0.05) is 29.8 Å². The summed E-state index contributed by atoms with van der Waals surface area (Å²) in [4.78, 5) is 0.0355. The van der Waals surface area contributed by atoms with Crippen molar-refractivity contribution in [2.24, 2.45) is 5.14 Å². The quantitative estimate of drug-likeness (QED) is 0.602. The van der Waals surface area contributed by atoms with E-state index in [-0.39, 0.29) is 27.3 Å². The molecule has 0 saturated carbocycles. The molecular weight excluding hydrogens is 352 g/mol. The van der Waals surface area contributed by atoms with Crippen LogP contribution in [0.4, 0.5) is 0 Å². The molecule has 2 aromatic rings. The molecule has 1 aliphatic rings. The van der Waals surface area contributed by atoms with Gasteiger partial charge in [-0.15, -0.1) is 0 Å². The van der Waals surface area contributed by atoms with E-state index in [1.54, 1.807) is 18.2 Å². The van der Waals surface area contributed by atoms with Gasteiger partial charge in [0.1, 0.15) is 0 Å². The van der Waals surface area contributed by atoms with Gasteiger partial charge in [0, 0.05) is 12.5 Å². The molecule has 1 heterocycles. The third-order valence-electron chi connectivity index (χ3n) is 4.23. The first-order valence-corrected chi connectivity index (χ1v) is 9.28. The predicted octanol–water partition coefficient (Wildman–Crippen LogP) is 1.68. The van der Waals surface area contributed by atoms with Gasteiger partial charge in [0.25, 0.3) is 0 Å². The largest absolute Gasteiger partial charge is 0.504 e. The number of phenols is 2. The molecule has 0 fully saturated rings. The number of phenolic OH excluding ortho intramolecular Hbond substituents is 2. The maximum Gasteiger partial charge on any atom is 0.238 e. The summed E-state index contributed by atoms with van der Waals surface area (Å²) in [6.07, 6.45) is 0.552. The van der Waals surface area contributed by atoms with Crippen LogP contribution in [0.1, 0.15) is 22.6 Å². The summed E-state index contributed by atoms with van der Waals surface area (Å²) in [5, 5.41) is 28.5. The Balaban J connectivity index is 2.26. The van der Waals surface area contributed by atoms with Gasteiger partial charge in [-0.2, -0.15) is 0 Å². The number of halogens is 1. The van der Waals surface area contributed by atoms with E-state index in [1.807, 2.05) is 0 Å². The number of fused-ring (bicyclic) bond motifs is 1. The zero-order valence-electron chi connectivity index (χ0n) is 12.7. The van der Waals surface area contributed by atoms with Crippen molar-refractivity contribution >= 4 is 21.6 Å². The van der Waals surface area contributed by atoms with Crippen LogP contribution in [0.3, 0.4) is 0 Å². The fourth-order valence-electron chi connectivity index (χ4n) is 3.12. The summed E-state index contributed by atoms with van der Waals surface area (Å²) < 4.78 is 23.8. The Labute approximate surface area is 144 Å². The molecule has 0 saturated heterocycles. The molecule has 1 atom stereocenters. The number of benzene rings is 2. The van der Waals surface area contributed by atoms with Crippen LogP contribution in [0.25, 0.3) is 0 Å². The maximum atomic E-state index is 11.9. The van der Waals surface area contributed by atoms with Gasteiger partial charge < -0.3 is 15.5 Å². The molecule has 0 radical (unpaired) electrons. The van der Waals surface area contributed by atoms with Crippen LogP contribution in [-0.4, -0.2) is 31.7 Å². The lowest BCUT2D eigenvalue weighted by Crippen LogP contribution is -2.23. The van der Waals surface area contributed by atoms with Crippen molar-refractivity contribution in [1.82, 2.24) is 5.32 Å².